The summed E-state index contributed by atoms with van der Waals surface area (Å²) in [6, 6.07) is 5.85. The molecular weight excluding hydrogens is 286 g/mol. The van der Waals surface area contributed by atoms with E-state index in [1.54, 1.807) is 7.11 Å². The fraction of sp³-hybridized carbons (Fsp3) is 0.625. The molecule has 118 valence electrons. The molecule has 21 heavy (non-hydrogen) atoms. The molecule has 1 aromatic carbocycles. The molecule has 2 unspecified atom stereocenters. The largest absolute Gasteiger partial charge is 0.497 e. The Bertz CT molecular complexity index is 583. The van der Waals surface area contributed by atoms with Crippen molar-refractivity contribution in [2.75, 3.05) is 19.4 Å². The zero-order valence-electron chi connectivity index (χ0n) is 13.1. The summed E-state index contributed by atoms with van der Waals surface area (Å²) >= 11 is 0. The molecule has 0 aromatic heterocycles. The number of nitrogens with one attached hydrogen (secondary N) is 1. The standard InChI is InChI=1S/C16H25NO3S/c1-4-10-21(18,19)15-9-7-12-6-8-13(20-3)11-14(12)16(15)17-5-2/h6,8,11,15-17H,4-5,7,9-10H2,1-3H3. The summed E-state index contributed by atoms with van der Waals surface area (Å²) in [6.45, 7) is 4.68. The molecule has 1 aliphatic rings. The van der Waals surface area contributed by atoms with Gasteiger partial charge in [0.15, 0.2) is 9.84 Å². The first kappa shape index (κ1) is 16.3. The van der Waals surface area contributed by atoms with Crippen molar-refractivity contribution >= 4 is 9.84 Å². The van der Waals surface area contributed by atoms with E-state index >= 15 is 0 Å². The van der Waals surface area contributed by atoms with Crippen LogP contribution >= 0.6 is 0 Å². The number of hydrogen-bond acceptors (Lipinski definition) is 4. The van der Waals surface area contributed by atoms with Gasteiger partial charge in [-0.15, -0.1) is 0 Å². The van der Waals surface area contributed by atoms with Gasteiger partial charge >= 0.3 is 0 Å². The van der Waals surface area contributed by atoms with Gasteiger partial charge in [0.2, 0.25) is 0 Å². The van der Waals surface area contributed by atoms with Crippen molar-refractivity contribution in [1.82, 2.24) is 5.32 Å². The van der Waals surface area contributed by atoms with Crippen LogP contribution in [-0.4, -0.2) is 33.1 Å². The third-order valence-electron chi connectivity index (χ3n) is 4.13. The second-order valence-electron chi connectivity index (χ2n) is 5.54. The lowest BCUT2D eigenvalue weighted by Gasteiger charge is -2.34. The van der Waals surface area contributed by atoms with E-state index in [0.717, 1.165) is 24.3 Å². The van der Waals surface area contributed by atoms with Crippen LogP contribution < -0.4 is 10.1 Å². The summed E-state index contributed by atoms with van der Waals surface area (Å²) in [4.78, 5) is 0. The minimum Gasteiger partial charge on any atom is -0.497 e. The Balaban J connectivity index is 2.42. The van der Waals surface area contributed by atoms with Gasteiger partial charge in [-0.25, -0.2) is 8.42 Å². The third-order valence-corrected chi connectivity index (χ3v) is 6.54. The topological polar surface area (TPSA) is 55.4 Å². The minimum atomic E-state index is -3.07. The Labute approximate surface area is 127 Å². The zero-order chi connectivity index (χ0) is 15.5. The van der Waals surface area contributed by atoms with Gasteiger partial charge < -0.3 is 10.1 Å². The molecule has 0 saturated carbocycles. The molecule has 0 heterocycles. The molecule has 0 spiro atoms. The summed E-state index contributed by atoms with van der Waals surface area (Å²) in [5.41, 5.74) is 2.30. The molecule has 0 bridgehead atoms. The Kier molecular flexibility index (Phi) is 5.27. The molecule has 0 amide bonds. The van der Waals surface area contributed by atoms with E-state index in [4.69, 9.17) is 4.74 Å². The van der Waals surface area contributed by atoms with Crippen molar-refractivity contribution in [3.63, 3.8) is 0 Å². The molecule has 1 N–H and O–H groups in total. The maximum Gasteiger partial charge on any atom is 0.155 e. The van der Waals surface area contributed by atoms with Gasteiger partial charge in [0.05, 0.1) is 18.1 Å². The van der Waals surface area contributed by atoms with Crippen molar-refractivity contribution in [2.45, 2.75) is 44.4 Å². The third kappa shape index (κ3) is 3.40. The van der Waals surface area contributed by atoms with Crippen LogP contribution in [0.15, 0.2) is 18.2 Å². The van der Waals surface area contributed by atoms with Gasteiger partial charge in [-0.2, -0.15) is 0 Å². The molecule has 1 aromatic rings. The molecule has 2 rings (SSSR count). The second kappa shape index (κ2) is 6.79. The summed E-state index contributed by atoms with van der Waals surface area (Å²) in [7, 11) is -1.43. The van der Waals surface area contributed by atoms with Crippen LogP contribution in [0.25, 0.3) is 0 Å². The predicted octanol–water partition coefficient (Wildman–Crippen LogP) is 2.49. The van der Waals surface area contributed by atoms with Crippen LogP contribution in [0.1, 0.15) is 43.9 Å². The molecule has 2 atom stereocenters. The molecular formula is C16H25NO3S. The van der Waals surface area contributed by atoms with Gasteiger partial charge in [0.1, 0.15) is 5.75 Å². The van der Waals surface area contributed by atoms with E-state index < -0.39 is 9.84 Å². The van der Waals surface area contributed by atoms with Crippen molar-refractivity contribution in [1.29, 1.82) is 0 Å². The van der Waals surface area contributed by atoms with Gasteiger partial charge in [-0.1, -0.05) is 19.9 Å². The van der Waals surface area contributed by atoms with Crippen LogP contribution in [0.4, 0.5) is 0 Å². The van der Waals surface area contributed by atoms with E-state index in [1.807, 2.05) is 26.0 Å². The average molecular weight is 311 g/mol. The molecule has 4 nitrogen and oxygen atoms in total. The number of benzene rings is 1. The van der Waals surface area contributed by atoms with Crippen LogP contribution in [0.3, 0.4) is 0 Å². The summed E-state index contributed by atoms with van der Waals surface area (Å²) in [6.07, 6.45) is 2.18. The highest BCUT2D eigenvalue weighted by atomic mass is 32.2. The number of sulfone groups is 1. The first-order chi connectivity index (χ1) is 10.0. The fourth-order valence-electron chi connectivity index (χ4n) is 3.17. The van der Waals surface area contributed by atoms with Crippen molar-refractivity contribution in [3.05, 3.63) is 29.3 Å². The lowest BCUT2D eigenvalue weighted by molar-refractivity contribution is 0.409. The van der Waals surface area contributed by atoms with E-state index in [1.165, 1.54) is 5.56 Å². The highest BCUT2D eigenvalue weighted by Gasteiger charge is 2.37. The van der Waals surface area contributed by atoms with Crippen LogP contribution in [-0.2, 0) is 16.3 Å². The van der Waals surface area contributed by atoms with Crippen molar-refractivity contribution in [2.24, 2.45) is 0 Å². The molecule has 0 aliphatic heterocycles. The van der Waals surface area contributed by atoms with Crippen molar-refractivity contribution < 1.29 is 13.2 Å². The van der Waals surface area contributed by atoms with Crippen LogP contribution in [0.2, 0.25) is 0 Å². The molecule has 0 radical (unpaired) electrons. The Morgan fingerprint density at radius 1 is 1.33 bits per heavy atom. The Morgan fingerprint density at radius 2 is 2.10 bits per heavy atom. The van der Waals surface area contributed by atoms with E-state index in [2.05, 4.69) is 11.4 Å². The van der Waals surface area contributed by atoms with Gasteiger partial charge in [-0.3, -0.25) is 0 Å². The van der Waals surface area contributed by atoms with Gasteiger partial charge in [-0.05, 0) is 49.1 Å². The van der Waals surface area contributed by atoms with E-state index in [9.17, 15) is 8.42 Å². The average Bonchev–Trinajstić information content (AvgIpc) is 2.47. The minimum absolute atomic E-state index is 0.134. The summed E-state index contributed by atoms with van der Waals surface area (Å²) in [5.74, 6) is 1.05. The molecule has 5 heteroatoms. The predicted molar refractivity (Wildman–Crippen MR) is 85.6 cm³/mol. The number of fused-ring (bicyclic) bond motifs is 1. The molecule has 0 saturated heterocycles. The van der Waals surface area contributed by atoms with E-state index in [-0.39, 0.29) is 17.0 Å². The molecule has 1 aliphatic carbocycles. The van der Waals surface area contributed by atoms with Gasteiger partial charge in [0.25, 0.3) is 0 Å². The highest BCUT2D eigenvalue weighted by molar-refractivity contribution is 7.92. The number of methoxy groups -OCH3 is 1. The number of rotatable bonds is 6. The lowest BCUT2D eigenvalue weighted by atomic mass is 9.87. The Morgan fingerprint density at radius 3 is 2.71 bits per heavy atom. The number of ether oxygens (including phenoxy) is 1. The zero-order valence-corrected chi connectivity index (χ0v) is 13.9. The van der Waals surface area contributed by atoms with Crippen LogP contribution in [0, 0.1) is 0 Å². The monoisotopic (exact) mass is 311 g/mol. The lowest BCUT2D eigenvalue weighted by Crippen LogP contribution is -2.41. The smallest absolute Gasteiger partial charge is 0.155 e. The second-order valence-corrected chi connectivity index (χ2v) is 7.88. The molecule has 0 fully saturated rings. The number of hydrogen-bond donors (Lipinski definition) is 1. The van der Waals surface area contributed by atoms with E-state index in [0.29, 0.717) is 12.8 Å². The van der Waals surface area contributed by atoms with Gasteiger partial charge in [0, 0.05) is 6.04 Å². The maximum absolute atomic E-state index is 12.6. The highest BCUT2D eigenvalue weighted by Crippen LogP contribution is 2.36. The normalized spacial score (nSPS) is 21.9. The first-order valence-corrected chi connectivity index (χ1v) is 9.36. The fourth-order valence-corrected chi connectivity index (χ4v) is 5.17. The van der Waals surface area contributed by atoms with Crippen molar-refractivity contribution in [3.8, 4) is 5.75 Å². The quantitative estimate of drug-likeness (QED) is 0.877. The SMILES string of the molecule is CCCS(=O)(=O)C1CCc2ccc(OC)cc2C1NCC. The first-order valence-electron chi connectivity index (χ1n) is 7.65. The maximum atomic E-state index is 12.6. The van der Waals surface area contributed by atoms with Crippen LogP contribution in [0.5, 0.6) is 5.75 Å². The number of aryl methyl sites for hydroxylation is 1. The Hall–Kier alpha value is -1.07. The summed E-state index contributed by atoms with van der Waals surface area (Å²) < 4.78 is 30.4. The summed E-state index contributed by atoms with van der Waals surface area (Å²) in [5, 5.41) is 3.04.